The lowest BCUT2D eigenvalue weighted by Gasteiger charge is -2.40. The van der Waals surface area contributed by atoms with Crippen LogP contribution in [0.2, 0.25) is 0 Å². The molecule has 0 radical (unpaired) electrons. The molecule has 1 amide bonds. The van der Waals surface area contributed by atoms with E-state index in [4.69, 9.17) is 4.74 Å². The van der Waals surface area contributed by atoms with Crippen LogP contribution in [0, 0.1) is 11.8 Å². The van der Waals surface area contributed by atoms with Gasteiger partial charge in [0.05, 0.1) is 12.7 Å². The van der Waals surface area contributed by atoms with Crippen molar-refractivity contribution in [1.29, 1.82) is 0 Å². The lowest BCUT2D eigenvalue weighted by molar-refractivity contribution is -0.138. The number of hydrogen-bond donors (Lipinski definition) is 1. The molecule has 8 heteroatoms. The summed E-state index contributed by atoms with van der Waals surface area (Å²) in [5.41, 5.74) is 0.742. The van der Waals surface area contributed by atoms with E-state index in [9.17, 15) is 23.1 Å². The molecule has 1 saturated carbocycles. The van der Waals surface area contributed by atoms with Crippen LogP contribution in [0.3, 0.4) is 0 Å². The Morgan fingerprint density at radius 2 is 1.86 bits per heavy atom. The standard InChI is InChI=1S/C27H33F3N2O3/c1-31(26(34)20-6-7-20)24(15-18-4-3-5-22(14-18)27(28,29)30)19-10-12-32(13-11-19)17-21-16-23(35-2)8-9-25(21)33/h3-5,8-9,14,16,19-20,24,33H,6-7,10-13,15,17H2,1-2H3. The molecule has 1 atom stereocenters. The number of likely N-dealkylation sites (N-methyl/N-ethyl adjacent to an activating group) is 1. The van der Waals surface area contributed by atoms with Crippen LogP contribution in [0.1, 0.15) is 42.4 Å². The molecule has 0 aromatic heterocycles. The van der Waals surface area contributed by atoms with Gasteiger partial charge >= 0.3 is 6.18 Å². The van der Waals surface area contributed by atoms with Gasteiger partial charge in [-0.25, -0.2) is 0 Å². The number of rotatable bonds is 8. The first kappa shape index (κ1) is 25.4. The van der Waals surface area contributed by atoms with Crippen LogP contribution in [-0.2, 0) is 23.9 Å². The third-order valence-corrected chi connectivity index (χ3v) is 7.33. The first-order chi connectivity index (χ1) is 16.7. The van der Waals surface area contributed by atoms with Gasteiger partial charge in [-0.3, -0.25) is 9.69 Å². The minimum absolute atomic E-state index is 0.0557. The molecule has 0 bridgehead atoms. The summed E-state index contributed by atoms with van der Waals surface area (Å²) in [4.78, 5) is 17.0. The number of hydrogen-bond acceptors (Lipinski definition) is 4. The van der Waals surface area contributed by atoms with E-state index in [1.165, 1.54) is 12.1 Å². The normalized spacial score (nSPS) is 18.3. The molecule has 2 aromatic carbocycles. The van der Waals surface area contributed by atoms with E-state index in [0.29, 0.717) is 24.3 Å². The first-order valence-electron chi connectivity index (χ1n) is 12.2. The third kappa shape index (κ3) is 6.28. The molecular weight excluding hydrogens is 457 g/mol. The number of amides is 1. The Balaban J connectivity index is 1.46. The second kappa shape index (κ2) is 10.5. The van der Waals surface area contributed by atoms with Crippen molar-refractivity contribution in [2.24, 2.45) is 11.8 Å². The topological polar surface area (TPSA) is 53.0 Å². The first-order valence-corrected chi connectivity index (χ1v) is 12.2. The number of ether oxygens (including phenoxy) is 1. The fraction of sp³-hybridized carbons (Fsp3) is 0.519. The van der Waals surface area contributed by atoms with Crippen molar-refractivity contribution in [3.05, 3.63) is 59.2 Å². The molecule has 1 heterocycles. The number of alkyl halides is 3. The Morgan fingerprint density at radius 1 is 1.14 bits per heavy atom. The van der Waals surface area contributed by atoms with Crippen molar-refractivity contribution in [2.75, 3.05) is 27.2 Å². The van der Waals surface area contributed by atoms with Gasteiger partial charge in [0.1, 0.15) is 11.5 Å². The number of aromatic hydroxyl groups is 1. The summed E-state index contributed by atoms with van der Waals surface area (Å²) in [6.07, 6.45) is -0.546. The van der Waals surface area contributed by atoms with Crippen LogP contribution >= 0.6 is 0 Å². The molecule has 2 fully saturated rings. The molecule has 1 unspecified atom stereocenters. The molecule has 1 aliphatic carbocycles. The van der Waals surface area contributed by atoms with Crippen molar-refractivity contribution in [1.82, 2.24) is 9.80 Å². The Labute approximate surface area is 204 Å². The maximum absolute atomic E-state index is 13.3. The predicted molar refractivity (Wildman–Crippen MR) is 127 cm³/mol. The van der Waals surface area contributed by atoms with Gasteiger partial charge in [0.15, 0.2) is 0 Å². The zero-order valence-electron chi connectivity index (χ0n) is 20.2. The molecule has 1 aliphatic heterocycles. The molecule has 35 heavy (non-hydrogen) atoms. The van der Waals surface area contributed by atoms with E-state index in [1.54, 1.807) is 37.3 Å². The zero-order valence-corrected chi connectivity index (χ0v) is 20.2. The lowest BCUT2D eigenvalue weighted by Crippen LogP contribution is -2.47. The van der Waals surface area contributed by atoms with E-state index in [2.05, 4.69) is 4.90 Å². The summed E-state index contributed by atoms with van der Waals surface area (Å²) in [5, 5.41) is 10.2. The number of halogens is 3. The summed E-state index contributed by atoms with van der Waals surface area (Å²) in [6.45, 7) is 2.16. The molecule has 2 aliphatic rings. The highest BCUT2D eigenvalue weighted by atomic mass is 19.4. The molecular formula is C27H33F3N2O3. The summed E-state index contributed by atoms with van der Waals surface area (Å²) in [5.74, 6) is 1.26. The number of carbonyl (C=O) groups excluding carboxylic acids is 1. The third-order valence-electron chi connectivity index (χ3n) is 7.33. The molecule has 4 rings (SSSR count). The predicted octanol–water partition coefficient (Wildman–Crippen LogP) is 5.11. The summed E-state index contributed by atoms with van der Waals surface area (Å²) < 4.78 is 45.1. The van der Waals surface area contributed by atoms with Gasteiger partial charge in [0, 0.05) is 31.1 Å². The monoisotopic (exact) mass is 490 g/mol. The van der Waals surface area contributed by atoms with Crippen molar-refractivity contribution >= 4 is 5.91 Å². The number of phenolic OH excluding ortho intramolecular Hbond substituents is 1. The number of carbonyl (C=O) groups is 1. The Bertz CT molecular complexity index is 1030. The SMILES string of the molecule is COc1ccc(O)c(CN2CCC(C(Cc3cccc(C(F)(F)F)c3)N(C)C(=O)C3CC3)CC2)c1. The van der Waals surface area contributed by atoms with E-state index >= 15 is 0 Å². The molecule has 1 saturated heterocycles. The minimum atomic E-state index is -4.39. The van der Waals surface area contributed by atoms with Crippen LogP contribution in [-0.4, -0.2) is 54.1 Å². The fourth-order valence-electron chi connectivity index (χ4n) is 5.07. The Kier molecular flexibility index (Phi) is 7.59. The van der Waals surface area contributed by atoms with Gasteiger partial charge in [0.2, 0.25) is 5.91 Å². The number of phenols is 1. The number of piperidine rings is 1. The maximum Gasteiger partial charge on any atom is 0.416 e. The van der Waals surface area contributed by atoms with Crippen LogP contribution < -0.4 is 4.74 Å². The lowest BCUT2D eigenvalue weighted by atomic mass is 9.84. The smallest absolute Gasteiger partial charge is 0.416 e. The number of likely N-dealkylation sites (tertiary alicyclic amines) is 1. The molecule has 1 N–H and O–H groups in total. The van der Waals surface area contributed by atoms with Gasteiger partial charge in [-0.2, -0.15) is 13.2 Å². The summed E-state index contributed by atoms with van der Waals surface area (Å²) in [6, 6.07) is 10.5. The van der Waals surface area contributed by atoms with E-state index in [0.717, 1.165) is 50.4 Å². The fourth-order valence-corrected chi connectivity index (χ4v) is 5.07. The average Bonchev–Trinajstić information content (AvgIpc) is 3.69. The van der Waals surface area contributed by atoms with Crippen LogP contribution in [0.15, 0.2) is 42.5 Å². The van der Waals surface area contributed by atoms with Crippen molar-refractivity contribution < 1.29 is 27.8 Å². The van der Waals surface area contributed by atoms with Gasteiger partial charge < -0.3 is 14.7 Å². The van der Waals surface area contributed by atoms with Crippen molar-refractivity contribution in [3.8, 4) is 11.5 Å². The van der Waals surface area contributed by atoms with Crippen LogP contribution in [0.25, 0.3) is 0 Å². The minimum Gasteiger partial charge on any atom is -0.508 e. The van der Waals surface area contributed by atoms with Crippen molar-refractivity contribution in [2.45, 2.75) is 50.9 Å². The zero-order chi connectivity index (χ0) is 25.2. The second-order valence-electron chi connectivity index (χ2n) is 9.80. The van der Waals surface area contributed by atoms with E-state index in [1.807, 2.05) is 6.07 Å². The summed E-state index contributed by atoms with van der Waals surface area (Å²) >= 11 is 0. The van der Waals surface area contributed by atoms with Crippen LogP contribution in [0.5, 0.6) is 11.5 Å². The second-order valence-corrected chi connectivity index (χ2v) is 9.80. The maximum atomic E-state index is 13.3. The Morgan fingerprint density at radius 3 is 2.49 bits per heavy atom. The molecule has 0 spiro atoms. The van der Waals surface area contributed by atoms with E-state index < -0.39 is 11.7 Å². The van der Waals surface area contributed by atoms with Gasteiger partial charge in [-0.05, 0) is 80.9 Å². The van der Waals surface area contributed by atoms with Gasteiger partial charge in [0.25, 0.3) is 0 Å². The number of benzene rings is 2. The average molecular weight is 491 g/mol. The summed E-state index contributed by atoms with van der Waals surface area (Å²) in [7, 11) is 3.39. The quantitative estimate of drug-likeness (QED) is 0.559. The number of methoxy groups -OCH3 is 1. The highest BCUT2D eigenvalue weighted by Crippen LogP contribution is 2.35. The van der Waals surface area contributed by atoms with Crippen LogP contribution in [0.4, 0.5) is 13.2 Å². The Hall–Kier alpha value is -2.74. The van der Waals surface area contributed by atoms with Crippen molar-refractivity contribution in [3.63, 3.8) is 0 Å². The molecule has 2 aromatic rings. The van der Waals surface area contributed by atoms with E-state index in [-0.39, 0.29) is 29.5 Å². The van der Waals surface area contributed by atoms with Gasteiger partial charge in [-0.1, -0.05) is 18.2 Å². The highest BCUT2D eigenvalue weighted by molar-refractivity contribution is 5.81. The largest absolute Gasteiger partial charge is 0.508 e. The van der Waals surface area contributed by atoms with Gasteiger partial charge in [-0.15, -0.1) is 0 Å². The highest BCUT2D eigenvalue weighted by Gasteiger charge is 2.38. The molecule has 190 valence electrons. The molecule has 5 nitrogen and oxygen atoms in total. The number of nitrogens with zero attached hydrogens (tertiary/aromatic N) is 2.